The maximum atomic E-state index is 3.76. The topological polar surface area (TPSA) is 18.5 Å². The minimum Gasteiger partial charge on any atom is -0.312 e. The summed E-state index contributed by atoms with van der Waals surface area (Å²) in [5.74, 6) is 0.927. The Hall–Kier alpha value is -0.120. The average molecular weight is 281 g/mol. The van der Waals surface area contributed by atoms with Crippen molar-refractivity contribution < 1.29 is 0 Å². The van der Waals surface area contributed by atoms with Gasteiger partial charge >= 0.3 is 0 Å². The summed E-state index contributed by atoms with van der Waals surface area (Å²) in [5.41, 5.74) is 0.369. The SMILES string of the molecule is CCN1CCC(CN2CCCNC(C(C)(C)C)C2)CC1. The first-order valence-corrected chi connectivity index (χ1v) is 8.67. The van der Waals surface area contributed by atoms with E-state index in [1.165, 1.54) is 65.1 Å². The first-order valence-electron chi connectivity index (χ1n) is 8.67. The van der Waals surface area contributed by atoms with Gasteiger partial charge in [-0.05, 0) is 63.3 Å². The smallest absolute Gasteiger partial charge is 0.0243 e. The highest BCUT2D eigenvalue weighted by Crippen LogP contribution is 2.24. The van der Waals surface area contributed by atoms with Gasteiger partial charge in [-0.1, -0.05) is 27.7 Å². The third-order valence-electron chi connectivity index (χ3n) is 5.20. The zero-order chi connectivity index (χ0) is 14.6. The van der Waals surface area contributed by atoms with Crippen LogP contribution in [0.25, 0.3) is 0 Å². The lowest BCUT2D eigenvalue weighted by atomic mass is 9.86. The molecule has 118 valence electrons. The second-order valence-electron chi connectivity index (χ2n) is 7.86. The van der Waals surface area contributed by atoms with E-state index < -0.39 is 0 Å². The normalized spacial score (nSPS) is 28.5. The number of piperidine rings is 1. The van der Waals surface area contributed by atoms with E-state index in [0.717, 1.165) is 5.92 Å². The molecule has 2 saturated heterocycles. The number of nitrogens with zero attached hydrogens (tertiary/aromatic N) is 2. The molecular formula is C17H35N3. The molecule has 2 aliphatic heterocycles. The van der Waals surface area contributed by atoms with Crippen molar-refractivity contribution in [1.29, 1.82) is 0 Å². The van der Waals surface area contributed by atoms with Gasteiger partial charge in [0.2, 0.25) is 0 Å². The lowest BCUT2D eigenvalue weighted by Gasteiger charge is -2.37. The van der Waals surface area contributed by atoms with Crippen molar-refractivity contribution in [2.75, 3.05) is 45.8 Å². The Labute approximate surface area is 126 Å². The molecule has 0 amide bonds. The van der Waals surface area contributed by atoms with Crippen LogP contribution in [0.2, 0.25) is 0 Å². The van der Waals surface area contributed by atoms with Crippen LogP contribution in [0.3, 0.4) is 0 Å². The van der Waals surface area contributed by atoms with Gasteiger partial charge in [0.25, 0.3) is 0 Å². The summed E-state index contributed by atoms with van der Waals surface area (Å²) in [7, 11) is 0. The lowest BCUT2D eigenvalue weighted by molar-refractivity contribution is 0.133. The number of hydrogen-bond acceptors (Lipinski definition) is 3. The molecule has 1 N–H and O–H groups in total. The molecule has 0 spiro atoms. The predicted molar refractivity (Wildman–Crippen MR) is 87.1 cm³/mol. The van der Waals surface area contributed by atoms with Crippen molar-refractivity contribution in [2.45, 2.75) is 53.0 Å². The van der Waals surface area contributed by atoms with Crippen LogP contribution < -0.4 is 5.32 Å². The average Bonchev–Trinajstić information content (AvgIpc) is 2.65. The Morgan fingerprint density at radius 1 is 1.05 bits per heavy atom. The molecule has 2 rings (SSSR count). The van der Waals surface area contributed by atoms with Gasteiger partial charge < -0.3 is 15.1 Å². The zero-order valence-corrected chi connectivity index (χ0v) is 14.1. The summed E-state index contributed by atoms with van der Waals surface area (Å²) in [6.45, 7) is 18.3. The van der Waals surface area contributed by atoms with Crippen LogP contribution in [0, 0.1) is 11.3 Å². The molecule has 2 aliphatic rings. The molecule has 0 bridgehead atoms. The Kier molecular flexibility index (Phi) is 5.88. The molecule has 1 atom stereocenters. The highest BCUT2D eigenvalue weighted by molar-refractivity contribution is 4.87. The number of hydrogen-bond donors (Lipinski definition) is 1. The maximum Gasteiger partial charge on any atom is 0.0243 e. The number of nitrogens with one attached hydrogen (secondary N) is 1. The predicted octanol–water partition coefficient (Wildman–Crippen LogP) is 2.43. The highest BCUT2D eigenvalue weighted by Gasteiger charge is 2.29. The van der Waals surface area contributed by atoms with Crippen LogP contribution in [-0.4, -0.2) is 61.7 Å². The molecular weight excluding hydrogens is 246 g/mol. The van der Waals surface area contributed by atoms with Crippen molar-refractivity contribution in [3.63, 3.8) is 0 Å². The molecule has 1 unspecified atom stereocenters. The third kappa shape index (κ3) is 4.71. The van der Waals surface area contributed by atoms with Gasteiger partial charge in [-0.3, -0.25) is 0 Å². The van der Waals surface area contributed by atoms with E-state index in [0.29, 0.717) is 11.5 Å². The molecule has 0 aromatic rings. The maximum absolute atomic E-state index is 3.76. The van der Waals surface area contributed by atoms with E-state index in [-0.39, 0.29) is 0 Å². The van der Waals surface area contributed by atoms with Crippen LogP contribution in [0.15, 0.2) is 0 Å². The summed E-state index contributed by atoms with van der Waals surface area (Å²) in [6.07, 6.45) is 4.11. The van der Waals surface area contributed by atoms with Gasteiger partial charge in [0.15, 0.2) is 0 Å². The first kappa shape index (κ1) is 16.3. The van der Waals surface area contributed by atoms with Crippen LogP contribution in [-0.2, 0) is 0 Å². The van der Waals surface area contributed by atoms with Gasteiger partial charge in [0.1, 0.15) is 0 Å². The minimum absolute atomic E-state index is 0.369. The Bertz CT molecular complexity index is 276. The molecule has 2 heterocycles. The Morgan fingerprint density at radius 3 is 2.35 bits per heavy atom. The molecule has 2 fully saturated rings. The van der Waals surface area contributed by atoms with Crippen molar-refractivity contribution >= 4 is 0 Å². The standard InChI is InChI=1S/C17H35N3/c1-5-19-11-7-15(8-12-19)13-20-10-6-9-18-16(14-20)17(2,3)4/h15-16,18H,5-14H2,1-4H3. The molecule has 3 heteroatoms. The summed E-state index contributed by atoms with van der Waals surface area (Å²) in [5, 5.41) is 3.76. The molecule has 0 aromatic heterocycles. The molecule has 0 aliphatic carbocycles. The molecule has 0 aromatic carbocycles. The van der Waals surface area contributed by atoms with Gasteiger partial charge in [0, 0.05) is 19.1 Å². The van der Waals surface area contributed by atoms with Crippen LogP contribution in [0.5, 0.6) is 0 Å². The Balaban J connectivity index is 1.82. The van der Waals surface area contributed by atoms with E-state index in [4.69, 9.17) is 0 Å². The summed E-state index contributed by atoms with van der Waals surface area (Å²) < 4.78 is 0. The minimum atomic E-state index is 0.369. The van der Waals surface area contributed by atoms with Gasteiger partial charge in [-0.25, -0.2) is 0 Å². The van der Waals surface area contributed by atoms with Crippen molar-refractivity contribution in [3.05, 3.63) is 0 Å². The van der Waals surface area contributed by atoms with Crippen molar-refractivity contribution in [1.82, 2.24) is 15.1 Å². The number of likely N-dealkylation sites (tertiary alicyclic amines) is 1. The Morgan fingerprint density at radius 2 is 1.75 bits per heavy atom. The lowest BCUT2D eigenvalue weighted by Crippen LogP contribution is -2.47. The second kappa shape index (κ2) is 7.24. The van der Waals surface area contributed by atoms with Crippen LogP contribution >= 0.6 is 0 Å². The summed E-state index contributed by atoms with van der Waals surface area (Å²) in [4.78, 5) is 5.33. The van der Waals surface area contributed by atoms with Gasteiger partial charge in [-0.2, -0.15) is 0 Å². The van der Waals surface area contributed by atoms with Crippen LogP contribution in [0.4, 0.5) is 0 Å². The van der Waals surface area contributed by atoms with Gasteiger partial charge in [0.05, 0.1) is 0 Å². The first-order chi connectivity index (χ1) is 9.49. The molecule has 20 heavy (non-hydrogen) atoms. The third-order valence-corrected chi connectivity index (χ3v) is 5.20. The van der Waals surface area contributed by atoms with E-state index in [1.54, 1.807) is 0 Å². The largest absolute Gasteiger partial charge is 0.312 e. The molecule has 0 radical (unpaired) electrons. The van der Waals surface area contributed by atoms with Crippen LogP contribution in [0.1, 0.15) is 47.0 Å². The fraction of sp³-hybridized carbons (Fsp3) is 1.00. The van der Waals surface area contributed by atoms with Crippen molar-refractivity contribution in [3.8, 4) is 0 Å². The molecule has 0 saturated carbocycles. The fourth-order valence-corrected chi connectivity index (χ4v) is 3.59. The van der Waals surface area contributed by atoms with Gasteiger partial charge in [-0.15, -0.1) is 0 Å². The number of rotatable bonds is 3. The van der Waals surface area contributed by atoms with Crippen molar-refractivity contribution in [2.24, 2.45) is 11.3 Å². The highest BCUT2D eigenvalue weighted by atomic mass is 15.2. The fourth-order valence-electron chi connectivity index (χ4n) is 3.59. The van der Waals surface area contributed by atoms with E-state index in [1.807, 2.05) is 0 Å². The van der Waals surface area contributed by atoms with E-state index in [9.17, 15) is 0 Å². The van der Waals surface area contributed by atoms with E-state index in [2.05, 4.69) is 42.8 Å². The monoisotopic (exact) mass is 281 g/mol. The zero-order valence-electron chi connectivity index (χ0n) is 14.1. The summed E-state index contributed by atoms with van der Waals surface area (Å²) >= 11 is 0. The quantitative estimate of drug-likeness (QED) is 0.857. The van der Waals surface area contributed by atoms with E-state index >= 15 is 0 Å². The molecule has 3 nitrogen and oxygen atoms in total. The second-order valence-corrected chi connectivity index (χ2v) is 7.86. The summed E-state index contributed by atoms with van der Waals surface area (Å²) in [6, 6.07) is 0.640.